The van der Waals surface area contributed by atoms with Crippen molar-refractivity contribution in [3.8, 4) is 11.5 Å². The molecule has 0 saturated heterocycles. The second-order valence-corrected chi connectivity index (χ2v) is 2.42. The van der Waals surface area contributed by atoms with E-state index >= 15 is 0 Å². The second-order valence-electron chi connectivity index (χ2n) is 2.42. The molecule has 1 aromatic carbocycles. The minimum Gasteiger partial charge on any atom is -0.872 e. The molecule has 0 fully saturated rings. The number of benzene rings is 1. The first-order valence-electron chi connectivity index (χ1n) is 3.38. The first-order valence-corrected chi connectivity index (χ1v) is 3.38. The van der Waals surface area contributed by atoms with Gasteiger partial charge >= 0.3 is 33.6 Å². The number of carboxylic acids is 2. The maximum atomic E-state index is 10.9. The van der Waals surface area contributed by atoms with Crippen molar-refractivity contribution in [2.45, 2.75) is 0 Å². The predicted octanol–water partition coefficient (Wildman–Crippen LogP) is -5.29. The zero-order valence-corrected chi connectivity index (χ0v) is 10.5. The third kappa shape index (κ3) is 5.35. The molecule has 6 N–H and O–H groups in total. The molecule has 0 aliphatic carbocycles. The molecule has 10 heteroatoms. The third-order valence-electron chi connectivity index (χ3n) is 1.52. The van der Waals surface area contributed by atoms with Crippen molar-refractivity contribution in [2.75, 3.05) is 0 Å². The molecule has 104 valence electrons. The molecule has 0 heterocycles. The van der Waals surface area contributed by atoms with Crippen LogP contribution in [0.2, 0.25) is 0 Å². The summed E-state index contributed by atoms with van der Waals surface area (Å²) in [5.41, 5.74) is -1.72. The Morgan fingerprint density at radius 3 is 1.17 bits per heavy atom. The van der Waals surface area contributed by atoms with Crippen molar-refractivity contribution in [1.29, 1.82) is 0 Å². The van der Waals surface area contributed by atoms with Crippen LogP contribution >= 0.6 is 0 Å². The quantitative estimate of drug-likeness (QED) is 0.478. The molecule has 0 aliphatic heterocycles. The van der Waals surface area contributed by atoms with Crippen LogP contribution in [0.3, 0.4) is 0 Å². The van der Waals surface area contributed by atoms with Gasteiger partial charge < -0.3 is 41.0 Å². The molecular weight excluding hydrogens is 342 g/mol. The maximum Gasteiger partial charge on any atom is 2.00 e. The molecule has 8 nitrogen and oxygen atoms in total. The zero-order valence-electron chi connectivity index (χ0n) is 8.43. The van der Waals surface area contributed by atoms with Gasteiger partial charge in [0.25, 0.3) is 0 Å². The summed E-state index contributed by atoms with van der Waals surface area (Å²) in [4.78, 5) is 20.5. The summed E-state index contributed by atoms with van der Waals surface area (Å²) in [6.45, 7) is 0. The van der Waals surface area contributed by atoms with Crippen molar-refractivity contribution in [3.63, 3.8) is 0 Å². The fraction of sp³-hybridized carbons (Fsp3) is 0. The van der Waals surface area contributed by atoms with Crippen molar-refractivity contribution in [3.05, 3.63) is 23.3 Å². The van der Waals surface area contributed by atoms with E-state index in [1.165, 1.54) is 0 Å². The smallest absolute Gasteiger partial charge is 0.872 e. The summed E-state index contributed by atoms with van der Waals surface area (Å²) in [6.07, 6.45) is 0. The predicted molar refractivity (Wildman–Crippen MR) is 43.7 cm³/mol. The first-order chi connectivity index (χ1) is 6.43. The third-order valence-corrected chi connectivity index (χ3v) is 1.52. The van der Waals surface area contributed by atoms with Gasteiger partial charge in [0.15, 0.2) is 0 Å². The molecule has 1 aromatic rings. The van der Waals surface area contributed by atoms with Crippen molar-refractivity contribution in [2.24, 2.45) is 0 Å². The molecular formula is C8H8Co2O8+2. The average Bonchev–Trinajstić information content (AvgIpc) is 2.07. The molecule has 0 spiro atoms. The Labute approximate surface area is 121 Å². The topological polar surface area (TPSA) is 192 Å². The van der Waals surface area contributed by atoms with Gasteiger partial charge in [-0.25, -0.2) is 0 Å². The van der Waals surface area contributed by atoms with E-state index in [0.717, 1.165) is 0 Å². The summed E-state index contributed by atoms with van der Waals surface area (Å²) in [7, 11) is 0. The van der Waals surface area contributed by atoms with Crippen LogP contribution in [0.25, 0.3) is 0 Å². The van der Waals surface area contributed by atoms with E-state index in [1.54, 1.807) is 0 Å². The average molecular weight is 350 g/mol. The number of carboxylic acid groups (broad SMARTS) is 2. The van der Waals surface area contributed by atoms with Gasteiger partial charge in [-0.1, -0.05) is 23.6 Å². The largest absolute Gasteiger partial charge is 2.00 e. The van der Waals surface area contributed by atoms with E-state index in [4.69, 9.17) is 0 Å². The van der Waals surface area contributed by atoms with Crippen molar-refractivity contribution >= 4 is 11.9 Å². The molecule has 0 unspecified atom stereocenters. The zero-order chi connectivity index (χ0) is 10.9. The molecule has 0 bridgehead atoms. The van der Waals surface area contributed by atoms with Crippen LogP contribution in [0.4, 0.5) is 0 Å². The summed E-state index contributed by atoms with van der Waals surface area (Å²) < 4.78 is 0. The number of aromatic carboxylic acids is 2. The Hall–Kier alpha value is -1.31. The van der Waals surface area contributed by atoms with Crippen molar-refractivity contribution in [1.82, 2.24) is 0 Å². The minimum absolute atomic E-state index is 0. The molecule has 1 rings (SSSR count). The van der Waals surface area contributed by atoms with Gasteiger partial charge in [0.2, 0.25) is 0 Å². The fourth-order valence-corrected chi connectivity index (χ4v) is 0.879. The van der Waals surface area contributed by atoms with Crippen LogP contribution in [-0.4, -0.2) is 11.9 Å². The Bertz CT molecular complexity index is 380. The molecule has 0 aromatic heterocycles. The Morgan fingerprint density at radius 1 is 0.778 bits per heavy atom. The molecule has 18 heavy (non-hydrogen) atoms. The Kier molecular flexibility index (Phi) is 13.7. The van der Waals surface area contributed by atoms with Gasteiger partial charge in [-0.3, -0.25) is 0 Å². The standard InChI is InChI=1S/C8H6O6.2Co.2H2O/c9-5-1-3(7(11)12)6(10)2-4(5)8(13)14;;;;/h1-2,9-10H,(H,11,12)(H,13,14);;;2*1H2/q;2*+2;;/p-2. The number of hydrogen-bond donors (Lipinski definition) is 0. The van der Waals surface area contributed by atoms with Crippen LogP contribution in [0.15, 0.2) is 12.1 Å². The van der Waals surface area contributed by atoms with Gasteiger partial charge in [0.05, 0.1) is 11.9 Å². The molecule has 0 saturated carbocycles. The normalized spacial score (nSPS) is 7.56. The number of carbonyl (C=O) groups excluding carboxylic acids is 2. The molecule has 0 atom stereocenters. The minimum atomic E-state index is -1.82. The van der Waals surface area contributed by atoms with E-state index in [-0.39, 0.29) is 44.5 Å². The number of hydrogen-bond acceptors (Lipinski definition) is 6. The van der Waals surface area contributed by atoms with E-state index < -0.39 is 34.6 Å². The van der Waals surface area contributed by atoms with Gasteiger partial charge in [0.1, 0.15) is 0 Å². The van der Waals surface area contributed by atoms with Crippen LogP contribution in [0.1, 0.15) is 20.7 Å². The van der Waals surface area contributed by atoms with Crippen LogP contribution in [0, 0.1) is 0 Å². The van der Waals surface area contributed by atoms with E-state index in [9.17, 15) is 30.0 Å². The number of carbonyl (C=O) groups is 2. The van der Waals surface area contributed by atoms with Crippen LogP contribution < -0.4 is 20.4 Å². The SMILES string of the molecule is O=C([O-])c1cc([O-])c(C(=O)[O-])cc1[O-].[Co+2].[Co+2].[OH3+].[OH3+]. The molecule has 0 aliphatic rings. The monoisotopic (exact) mass is 350 g/mol. The Morgan fingerprint density at radius 2 is 1.00 bits per heavy atom. The molecule has 2 radical (unpaired) electrons. The summed E-state index contributed by atoms with van der Waals surface area (Å²) in [5.74, 6) is -5.83. The van der Waals surface area contributed by atoms with E-state index in [2.05, 4.69) is 0 Å². The van der Waals surface area contributed by atoms with Gasteiger partial charge in [-0.15, -0.1) is 0 Å². The summed E-state index contributed by atoms with van der Waals surface area (Å²) in [5, 5.41) is 42.3. The van der Waals surface area contributed by atoms with Gasteiger partial charge in [0, 0.05) is 0 Å². The number of rotatable bonds is 2. The fourth-order valence-electron chi connectivity index (χ4n) is 0.879. The van der Waals surface area contributed by atoms with Crippen LogP contribution in [0.5, 0.6) is 11.5 Å². The second kappa shape index (κ2) is 9.70. The van der Waals surface area contributed by atoms with Crippen LogP contribution in [-0.2, 0) is 44.5 Å². The van der Waals surface area contributed by atoms with Gasteiger partial charge in [-0.2, -0.15) is 0 Å². The summed E-state index contributed by atoms with van der Waals surface area (Å²) >= 11 is 0. The van der Waals surface area contributed by atoms with E-state index in [0.29, 0.717) is 12.1 Å². The van der Waals surface area contributed by atoms with Crippen molar-refractivity contribution < 1.29 is 74.5 Å². The first kappa shape index (κ1) is 25.5. The molecule has 0 amide bonds. The summed E-state index contributed by atoms with van der Waals surface area (Å²) in [6, 6.07) is 0.811. The Balaban J connectivity index is -0.000000245. The van der Waals surface area contributed by atoms with Gasteiger partial charge in [-0.05, 0) is 11.1 Å². The van der Waals surface area contributed by atoms with E-state index in [1.807, 2.05) is 0 Å². The maximum absolute atomic E-state index is 10.9.